The van der Waals surface area contributed by atoms with Crippen LogP contribution in [0, 0.1) is 11.8 Å². The molecule has 1 aliphatic carbocycles. The Bertz CT molecular complexity index is 172. The molecule has 1 N–H and O–H groups in total. The van der Waals surface area contributed by atoms with Crippen LogP contribution >= 0.6 is 0 Å². The second kappa shape index (κ2) is 7.29. The summed E-state index contributed by atoms with van der Waals surface area (Å²) in [6.45, 7) is 10.4. The molecule has 1 fully saturated rings. The highest BCUT2D eigenvalue weighted by Crippen LogP contribution is 2.26. The number of rotatable bonds is 6. The van der Waals surface area contributed by atoms with E-state index in [1.165, 1.54) is 38.8 Å². The Morgan fingerprint density at radius 2 is 1.81 bits per heavy atom. The van der Waals surface area contributed by atoms with Crippen molar-refractivity contribution < 1.29 is 0 Å². The zero-order chi connectivity index (χ0) is 12.0. The minimum absolute atomic E-state index is 0.796. The van der Waals surface area contributed by atoms with Crippen molar-refractivity contribution in [2.24, 2.45) is 11.8 Å². The highest BCUT2D eigenvalue weighted by atomic mass is 15.1. The quantitative estimate of drug-likeness (QED) is 0.749. The molecule has 0 aromatic heterocycles. The number of nitrogens with one attached hydrogen (secondary N) is 1. The van der Waals surface area contributed by atoms with Crippen LogP contribution in [0.2, 0.25) is 0 Å². The van der Waals surface area contributed by atoms with Gasteiger partial charge in [0.2, 0.25) is 0 Å². The number of hydrogen-bond donors (Lipinski definition) is 1. The first-order chi connectivity index (χ1) is 7.63. The molecule has 1 aliphatic rings. The molecule has 96 valence electrons. The summed E-state index contributed by atoms with van der Waals surface area (Å²) in [7, 11) is 2.30. The van der Waals surface area contributed by atoms with Gasteiger partial charge in [0.1, 0.15) is 0 Å². The van der Waals surface area contributed by atoms with Gasteiger partial charge in [0, 0.05) is 12.6 Å². The summed E-state index contributed by atoms with van der Waals surface area (Å²) in [6, 6.07) is 0.847. The molecular weight excluding hydrogens is 196 g/mol. The predicted octanol–water partition coefficient (Wildman–Crippen LogP) is 2.74. The summed E-state index contributed by atoms with van der Waals surface area (Å²) >= 11 is 0. The summed E-state index contributed by atoms with van der Waals surface area (Å²) in [4.78, 5) is 2.58. The standard InChI is InChI=1S/C14H30N2/c1-5-15-10-13-6-8-14(9-7-13)16(4)11-12(2)3/h12-15H,5-11H2,1-4H3/t13-,14+. The molecule has 0 radical (unpaired) electrons. The monoisotopic (exact) mass is 226 g/mol. The van der Waals surface area contributed by atoms with Crippen molar-refractivity contribution in [3.63, 3.8) is 0 Å². The van der Waals surface area contributed by atoms with Gasteiger partial charge in [-0.15, -0.1) is 0 Å². The Morgan fingerprint density at radius 1 is 1.19 bits per heavy atom. The smallest absolute Gasteiger partial charge is 0.00925 e. The molecule has 0 spiro atoms. The fourth-order valence-electron chi connectivity index (χ4n) is 2.86. The molecule has 0 aromatic rings. The Morgan fingerprint density at radius 3 is 2.31 bits per heavy atom. The lowest BCUT2D eigenvalue weighted by Gasteiger charge is -2.35. The van der Waals surface area contributed by atoms with Crippen molar-refractivity contribution in [3.8, 4) is 0 Å². The van der Waals surface area contributed by atoms with Gasteiger partial charge in [0.05, 0.1) is 0 Å². The van der Waals surface area contributed by atoms with Crippen molar-refractivity contribution >= 4 is 0 Å². The van der Waals surface area contributed by atoms with E-state index in [0.717, 1.165) is 24.4 Å². The maximum Gasteiger partial charge on any atom is 0.00925 e. The molecule has 0 amide bonds. The molecule has 0 atom stereocenters. The third-order valence-corrected chi connectivity index (χ3v) is 3.78. The van der Waals surface area contributed by atoms with Gasteiger partial charge >= 0.3 is 0 Å². The van der Waals surface area contributed by atoms with Crippen molar-refractivity contribution in [1.82, 2.24) is 10.2 Å². The van der Waals surface area contributed by atoms with Crippen LogP contribution in [0.3, 0.4) is 0 Å². The SMILES string of the molecule is CCNC[C@H]1CC[C@@H](N(C)CC(C)C)CC1. The van der Waals surface area contributed by atoms with Gasteiger partial charge in [0.15, 0.2) is 0 Å². The van der Waals surface area contributed by atoms with Gasteiger partial charge in [-0.2, -0.15) is 0 Å². The van der Waals surface area contributed by atoms with E-state index in [-0.39, 0.29) is 0 Å². The summed E-state index contributed by atoms with van der Waals surface area (Å²) < 4.78 is 0. The van der Waals surface area contributed by atoms with Crippen LogP contribution in [-0.4, -0.2) is 37.6 Å². The fourth-order valence-corrected chi connectivity index (χ4v) is 2.86. The van der Waals surface area contributed by atoms with Crippen LogP contribution in [0.15, 0.2) is 0 Å². The Labute approximate surface area is 102 Å². The molecule has 2 heteroatoms. The van der Waals surface area contributed by atoms with Crippen LogP contribution in [-0.2, 0) is 0 Å². The lowest BCUT2D eigenvalue weighted by Crippen LogP contribution is -2.38. The maximum absolute atomic E-state index is 3.48. The molecule has 0 bridgehead atoms. The highest BCUT2D eigenvalue weighted by Gasteiger charge is 2.23. The van der Waals surface area contributed by atoms with E-state index >= 15 is 0 Å². The number of nitrogens with zero attached hydrogens (tertiary/aromatic N) is 1. The van der Waals surface area contributed by atoms with Crippen LogP contribution in [0.5, 0.6) is 0 Å². The second-order valence-corrected chi connectivity index (χ2v) is 5.82. The minimum Gasteiger partial charge on any atom is -0.317 e. The predicted molar refractivity (Wildman–Crippen MR) is 71.8 cm³/mol. The highest BCUT2D eigenvalue weighted by molar-refractivity contribution is 4.79. The van der Waals surface area contributed by atoms with Crippen LogP contribution in [0.1, 0.15) is 46.5 Å². The normalized spacial score (nSPS) is 26.6. The zero-order valence-corrected chi connectivity index (χ0v) is 11.6. The van der Waals surface area contributed by atoms with Gasteiger partial charge in [-0.3, -0.25) is 0 Å². The molecule has 0 aromatic carbocycles. The minimum atomic E-state index is 0.796. The molecular formula is C14H30N2. The Balaban J connectivity index is 2.20. The van der Waals surface area contributed by atoms with E-state index < -0.39 is 0 Å². The molecule has 0 aliphatic heterocycles. The molecule has 0 saturated heterocycles. The van der Waals surface area contributed by atoms with Crippen LogP contribution < -0.4 is 5.32 Å². The van der Waals surface area contributed by atoms with E-state index in [1.807, 2.05) is 0 Å². The first-order valence-corrected chi connectivity index (χ1v) is 7.04. The van der Waals surface area contributed by atoms with E-state index in [9.17, 15) is 0 Å². The molecule has 0 heterocycles. The van der Waals surface area contributed by atoms with Gasteiger partial charge in [0.25, 0.3) is 0 Å². The second-order valence-electron chi connectivity index (χ2n) is 5.82. The number of hydrogen-bond acceptors (Lipinski definition) is 2. The van der Waals surface area contributed by atoms with E-state index in [4.69, 9.17) is 0 Å². The summed E-state index contributed by atoms with van der Waals surface area (Å²) in [5.41, 5.74) is 0. The van der Waals surface area contributed by atoms with Crippen LogP contribution in [0.4, 0.5) is 0 Å². The maximum atomic E-state index is 3.48. The third-order valence-electron chi connectivity index (χ3n) is 3.78. The largest absolute Gasteiger partial charge is 0.317 e. The van der Waals surface area contributed by atoms with Crippen LogP contribution in [0.25, 0.3) is 0 Å². The Kier molecular flexibility index (Phi) is 6.37. The first kappa shape index (κ1) is 14.0. The topological polar surface area (TPSA) is 15.3 Å². The summed E-state index contributed by atoms with van der Waals surface area (Å²) in [5.74, 6) is 1.73. The molecule has 1 rings (SSSR count). The lowest BCUT2D eigenvalue weighted by atomic mass is 9.85. The zero-order valence-electron chi connectivity index (χ0n) is 11.6. The van der Waals surface area contributed by atoms with Crippen molar-refractivity contribution in [1.29, 1.82) is 0 Å². The summed E-state index contributed by atoms with van der Waals surface area (Å²) in [5, 5.41) is 3.48. The van der Waals surface area contributed by atoms with Gasteiger partial charge in [-0.25, -0.2) is 0 Å². The van der Waals surface area contributed by atoms with Gasteiger partial charge in [-0.1, -0.05) is 20.8 Å². The average Bonchev–Trinajstić information content (AvgIpc) is 2.26. The molecule has 16 heavy (non-hydrogen) atoms. The average molecular weight is 226 g/mol. The third kappa shape index (κ3) is 4.84. The van der Waals surface area contributed by atoms with Gasteiger partial charge < -0.3 is 10.2 Å². The first-order valence-electron chi connectivity index (χ1n) is 7.04. The van der Waals surface area contributed by atoms with E-state index in [0.29, 0.717) is 0 Å². The van der Waals surface area contributed by atoms with Crippen molar-refractivity contribution in [2.75, 3.05) is 26.7 Å². The van der Waals surface area contributed by atoms with E-state index in [1.54, 1.807) is 0 Å². The lowest BCUT2D eigenvalue weighted by molar-refractivity contribution is 0.151. The molecule has 0 unspecified atom stereocenters. The van der Waals surface area contributed by atoms with E-state index in [2.05, 4.69) is 38.0 Å². The van der Waals surface area contributed by atoms with Gasteiger partial charge in [-0.05, 0) is 57.7 Å². The molecule has 1 saturated carbocycles. The molecule has 2 nitrogen and oxygen atoms in total. The summed E-state index contributed by atoms with van der Waals surface area (Å²) in [6.07, 6.45) is 5.64. The fraction of sp³-hybridized carbons (Fsp3) is 1.00. The van der Waals surface area contributed by atoms with Crippen molar-refractivity contribution in [2.45, 2.75) is 52.5 Å². The van der Waals surface area contributed by atoms with Crippen molar-refractivity contribution in [3.05, 3.63) is 0 Å². The Hall–Kier alpha value is -0.0800.